The van der Waals surface area contributed by atoms with Gasteiger partial charge in [0.15, 0.2) is 11.6 Å². The Labute approximate surface area is 127 Å². The van der Waals surface area contributed by atoms with Gasteiger partial charge in [0.1, 0.15) is 0 Å². The van der Waals surface area contributed by atoms with Crippen molar-refractivity contribution >= 4 is 11.7 Å². The van der Waals surface area contributed by atoms with Crippen molar-refractivity contribution in [2.24, 2.45) is 0 Å². The molecule has 0 unspecified atom stereocenters. The molecule has 7 nitrogen and oxygen atoms in total. The van der Waals surface area contributed by atoms with Gasteiger partial charge in [-0.1, -0.05) is 0 Å². The van der Waals surface area contributed by atoms with Gasteiger partial charge < -0.3 is 9.88 Å². The summed E-state index contributed by atoms with van der Waals surface area (Å²) in [6.07, 6.45) is 8.64. The van der Waals surface area contributed by atoms with Crippen LogP contribution < -0.4 is 5.32 Å². The summed E-state index contributed by atoms with van der Waals surface area (Å²) < 4.78 is 3.47. The van der Waals surface area contributed by atoms with Crippen LogP contribution in [0.25, 0.3) is 5.69 Å². The minimum Gasteiger partial charge on any atom is -0.327 e. The number of imidazole rings is 1. The molecule has 7 heteroatoms. The highest BCUT2D eigenvalue weighted by Crippen LogP contribution is 2.16. The maximum absolute atomic E-state index is 12.3. The summed E-state index contributed by atoms with van der Waals surface area (Å²) in [7, 11) is 0. The van der Waals surface area contributed by atoms with Crippen LogP contribution in [0.1, 0.15) is 23.1 Å². The summed E-state index contributed by atoms with van der Waals surface area (Å²) in [6, 6.07) is 3.73. The predicted molar refractivity (Wildman–Crippen MR) is 82.0 cm³/mol. The van der Waals surface area contributed by atoms with E-state index in [9.17, 15) is 4.79 Å². The molecule has 1 N–H and O–H groups in total. The van der Waals surface area contributed by atoms with Crippen LogP contribution in [0.15, 0.2) is 43.1 Å². The molecule has 3 aromatic rings. The Kier molecular flexibility index (Phi) is 3.69. The first kappa shape index (κ1) is 14.0. The van der Waals surface area contributed by atoms with E-state index in [0.29, 0.717) is 18.2 Å². The number of anilines is 1. The van der Waals surface area contributed by atoms with Crippen molar-refractivity contribution in [1.82, 2.24) is 24.3 Å². The minimum atomic E-state index is -0.272. The Morgan fingerprint density at radius 3 is 2.95 bits per heavy atom. The van der Waals surface area contributed by atoms with Gasteiger partial charge in [0.05, 0.1) is 11.9 Å². The van der Waals surface area contributed by atoms with Gasteiger partial charge in [0, 0.05) is 36.9 Å². The molecule has 0 aromatic carbocycles. The maximum atomic E-state index is 12.3. The van der Waals surface area contributed by atoms with Crippen LogP contribution in [-0.4, -0.2) is 30.2 Å². The number of hydrogen-bond acceptors (Lipinski definition) is 4. The lowest BCUT2D eigenvalue weighted by Crippen LogP contribution is -2.18. The lowest BCUT2D eigenvalue weighted by atomic mass is 10.3. The molecular formula is C15H16N6O. The summed E-state index contributed by atoms with van der Waals surface area (Å²) in [5, 5.41) is 7.20. The Morgan fingerprint density at radius 2 is 2.23 bits per heavy atom. The number of nitrogens with one attached hydrogen (secondary N) is 1. The zero-order valence-corrected chi connectivity index (χ0v) is 12.4. The van der Waals surface area contributed by atoms with Gasteiger partial charge >= 0.3 is 0 Å². The van der Waals surface area contributed by atoms with Gasteiger partial charge in [0.2, 0.25) is 0 Å². The number of pyridine rings is 1. The van der Waals surface area contributed by atoms with Crippen molar-refractivity contribution in [3.63, 3.8) is 0 Å². The van der Waals surface area contributed by atoms with E-state index in [1.165, 1.54) is 0 Å². The molecule has 112 valence electrons. The Hall–Kier alpha value is -2.96. The van der Waals surface area contributed by atoms with Gasteiger partial charge in [-0.25, -0.2) is 9.67 Å². The van der Waals surface area contributed by atoms with E-state index in [1.54, 1.807) is 34.0 Å². The van der Waals surface area contributed by atoms with Crippen LogP contribution in [0.2, 0.25) is 0 Å². The zero-order valence-electron chi connectivity index (χ0n) is 12.4. The third-order valence-electron chi connectivity index (χ3n) is 3.30. The van der Waals surface area contributed by atoms with Gasteiger partial charge in [-0.05, 0) is 26.0 Å². The fraction of sp³-hybridized carbons (Fsp3) is 0.200. The quantitative estimate of drug-likeness (QED) is 0.799. The van der Waals surface area contributed by atoms with Crippen LogP contribution in [-0.2, 0) is 6.54 Å². The standard InChI is InChI=1S/C15H16N6O/c1-3-20-8-7-17-14(20)15(22)18-13-11(2)10-21(19-13)12-5-4-6-16-9-12/h4-10H,3H2,1-2H3,(H,18,19,22). The Bertz CT molecular complexity index is 789. The summed E-state index contributed by atoms with van der Waals surface area (Å²) in [5.41, 5.74) is 1.70. The van der Waals surface area contributed by atoms with Crippen molar-refractivity contribution in [2.75, 3.05) is 5.32 Å². The van der Waals surface area contributed by atoms with E-state index in [-0.39, 0.29) is 5.91 Å². The smallest absolute Gasteiger partial charge is 0.292 e. The first-order valence-corrected chi connectivity index (χ1v) is 6.98. The normalized spacial score (nSPS) is 10.6. The Balaban J connectivity index is 1.84. The van der Waals surface area contributed by atoms with Crippen LogP contribution in [0.4, 0.5) is 5.82 Å². The van der Waals surface area contributed by atoms with E-state index in [2.05, 4.69) is 20.4 Å². The molecule has 0 spiro atoms. The lowest BCUT2D eigenvalue weighted by Gasteiger charge is -2.05. The largest absolute Gasteiger partial charge is 0.327 e. The van der Waals surface area contributed by atoms with Crippen molar-refractivity contribution in [1.29, 1.82) is 0 Å². The number of nitrogens with zero attached hydrogens (tertiary/aromatic N) is 5. The highest BCUT2D eigenvalue weighted by molar-refractivity contribution is 6.01. The SMILES string of the molecule is CCn1ccnc1C(=O)Nc1nn(-c2cccnc2)cc1C. The number of carbonyl (C=O) groups excluding carboxylic acids is 1. The highest BCUT2D eigenvalue weighted by Gasteiger charge is 2.15. The summed E-state index contributed by atoms with van der Waals surface area (Å²) >= 11 is 0. The molecule has 3 heterocycles. The molecule has 0 atom stereocenters. The van der Waals surface area contributed by atoms with Crippen LogP contribution in [0.3, 0.4) is 0 Å². The average Bonchev–Trinajstić information content (AvgIpc) is 3.15. The number of carbonyl (C=O) groups is 1. The lowest BCUT2D eigenvalue weighted by molar-refractivity contribution is 0.101. The zero-order chi connectivity index (χ0) is 15.5. The first-order chi connectivity index (χ1) is 10.7. The van der Waals surface area contributed by atoms with Crippen molar-refractivity contribution in [3.8, 4) is 5.69 Å². The molecule has 0 saturated carbocycles. The third kappa shape index (κ3) is 2.60. The Morgan fingerprint density at radius 1 is 1.36 bits per heavy atom. The molecule has 1 amide bonds. The van der Waals surface area contributed by atoms with E-state index < -0.39 is 0 Å². The number of aromatic nitrogens is 5. The van der Waals surface area contributed by atoms with Gasteiger partial charge in [-0.3, -0.25) is 9.78 Å². The molecule has 3 aromatic heterocycles. The number of rotatable bonds is 4. The fourth-order valence-corrected chi connectivity index (χ4v) is 2.14. The summed E-state index contributed by atoms with van der Waals surface area (Å²) in [4.78, 5) is 20.4. The van der Waals surface area contributed by atoms with Crippen molar-refractivity contribution in [3.05, 3.63) is 54.5 Å². The number of aryl methyl sites for hydroxylation is 2. The molecule has 0 fully saturated rings. The maximum Gasteiger partial charge on any atom is 0.292 e. The number of amides is 1. The molecule has 0 aliphatic carbocycles. The topological polar surface area (TPSA) is 77.6 Å². The second-order valence-corrected chi connectivity index (χ2v) is 4.81. The second kappa shape index (κ2) is 5.80. The minimum absolute atomic E-state index is 0.272. The number of hydrogen-bond donors (Lipinski definition) is 1. The van der Waals surface area contributed by atoms with Crippen LogP contribution in [0, 0.1) is 6.92 Å². The van der Waals surface area contributed by atoms with E-state index in [0.717, 1.165) is 11.3 Å². The van der Waals surface area contributed by atoms with Gasteiger partial charge in [0.25, 0.3) is 5.91 Å². The predicted octanol–water partition coefficient (Wildman–Crippen LogP) is 2.04. The molecule has 0 radical (unpaired) electrons. The fourth-order valence-electron chi connectivity index (χ4n) is 2.14. The van der Waals surface area contributed by atoms with Crippen LogP contribution >= 0.6 is 0 Å². The van der Waals surface area contributed by atoms with Gasteiger partial charge in [-0.15, -0.1) is 5.10 Å². The second-order valence-electron chi connectivity index (χ2n) is 4.81. The molecule has 0 bridgehead atoms. The first-order valence-electron chi connectivity index (χ1n) is 6.98. The molecule has 0 aliphatic rings. The van der Waals surface area contributed by atoms with E-state index in [1.807, 2.05) is 32.2 Å². The molecular weight excluding hydrogens is 280 g/mol. The van der Waals surface area contributed by atoms with Gasteiger partial charge in [-0.2, -0.15) is 0 Å². The van der Waals surface area contributed by atoms with Crippen LogP contribution in [0.5, 0.6) is 0 Å². The van der Waals surface area contributed by atoms with E-state index in [4.69, 9.17) is 0 Å². The monoisotopic (exact) mass is 296 g/mol. The van der Waals surface area contributed by atoms with Crippen molar-refractivity contribution < 1.29 is 4.79 Å². The molecule has 22 heavy (non-hydrogen) atoms. The van der Waals surface area contributed by atoms with Crippen molar-refractivity contribution in [2.45, 2.75) is 20.4 Å². The summed E-state index contributed by atoms with van der Waals surface area (Å²) in [5.74, 6) is 0.615. The third-order valence-corrected chi connectivity index (χ3v) is 3.30. The molecule has 0 saturated heterocycles. The average molecular weight is 296 g/mol. The summed E-state index contributed by atoms with van der Waals surface area (Å²) in [6.45, 7) is 4.54. The van der Waals surface area contributed by atoms with E-state index >= 15 is 0 Å². The highest BCUT2D eigenvalue weighted by atomic mass is 16.2. The molecule has 0 aliphatic heterocycles. The molecule has 3 rings (SSSR count).